The van der Waals surface area contributed by atoms with E-state index in [1.165, 1.54) is 4.90 Å². The first-order chi connectivity index (χ1) is 14.1. The second-order valence-electron chi connectivity index (χ2n) is 6.45. The maximum absolute atomic E-state index is 13.1. The second kappa shape index (κ2) is 9.25. The summed E-state index contributed by atoms with van der Waals surface area (Å²) in [7, 11) is 4.69. The molecule has 0 radical (unpaired) electrons. The van der Waals surface area contributed by atoms with Crippen molar-refractivity contribution in [1.82, 2.24) is 4.90 Å². The van der Waals surface area contributed by atoms with E-state index in [2.05, 4.69) is 5.32 Å². The highest BCUT2D eigenvalue weighted by atomic mass is 16.5. The first kappa shape index (κ1) is 20.4. The molecule has 1 N–H and O–H groups in total. The van der Waals surface area contributed by atoms with E-state index in [0.29, 0.717) is 41.4 Å². The Labute approximate surface area is 169 Å². The van der Waals surface area contributed by atoms with Gasteiger partial charge in [-0.25, -0.2) is 0 Å². The summed E-state index contributed by atoms with van der Waals surface area (Å²) in [6.45, 7) is 0.752. The number of carbonyl (C=O) groups excluding carboxylic acids is 2. The van der Waals surface area contributed by atoms with Crippen LogP contribution in [0.3, 0.4) is 0 Å². The van der Waals surface area contributed by atoms with E-state index in [0.717, 1.165) is 0 Å². The van der Waals surface area contributed by atoms with Crippen LogP contribution in [-0.4, -0.2) is 51.2 Å². The van der Waals surface area contributed by atoms with Crippen LogP contribution >= 0.6 is 0 Å². The van der Waals surface area contributed by atoms with Crippen LogP contribution in [0.2, 0.25) is 0 Å². The lowest BCUT2D eigenvalue weighted by atomic mass is 10.0. The number of hydrogen-bond donors (Lipinski definition) is 1. The monoisotopic (exact) mass is 396 g/mol. The highest BCUT2D eigenvalue weighted by Gasteiger charge is 2.38. The van der Waals surface area contributed by atoms with E-state index >= 15 is 0 Å². The number of imide groups is 1. The average Bonchev–Trinajstić information content (AvgIpc) is 2.98. The zero-order valence-corrected chi connectivity index (χ0v) is 16.7. The van der Waals surface area contributed by atoms with Gasteiger partial charge in [0.15, 0.2) is 0 Å². The van der Waals surface area contributed by atoms with Crippen molar-refractivity contribution in [3.63, 3.8) is 0 Å². The Balaban J connectivity index is 2.00. The smallest absolute Gasteiger partial charge is 0.278 e. The average molecular weight is 396 g/mol. The van der Waals surface area contributed by atoms with Gasteiger partial charge >= 0.3 is 0 Å². The Morgan fingerprint density at radius 2 is 1.55 bits per heavy atom. The molecule has 0 saturated heterocycles. The van der Waals surface area contributed by atoms with Gasteiger partial charge in [0, 0.05) is 44.1 Å². The summed E-state index contributed by atoms with van der Waals surface area (Å²) in [6.07, 6.45) is 0.566. The van der Waals surface area contributed by atoms with E-state index in [4.69, 9.17) is 14.2 Å². The summed E-state index contributed by atoms with van der Waals surface area (Å²) in [5.41, 5.74) is 1.84. The molecule has 7 nitrogen and oxygen atoms in total. The second-order valence-corrected chi connectivity index (χ2v) is 6.45. The maximum Gasteiger partial charge on any atom is 0.278 e. The van der Waals surface area contributed by atoms with Gasteiger partial charge in [-0.05, 0) is 12.0 Å². The maximum atomic E-state index is 13.1. The fourth-order valence-electron chi connectivity index (χ4n) is 3.16. The van der Waals surface area contributed by atoms with E-state index in [-0.39, 0.29) is 24.1 Å². The van der Waals surface area contributed by atoms with Crippen molar-refractivity contribution >= 4 is 23.1 Å². The highest BCUT2D eigenvalue weighted by Crippen LogP contribution is 2.33. The van der Waals surface area contributed by atoms with Crippen LogP contribution in [-0.2, 0) is 14.3 Å². The molecule has 1 aliphatic heterocycles. The number of anilines is 1. The molecule has 29 heavy (non-hydrogen) atoms. The molecule has 1 heterocycles. The Bertz CT molecular complexity index is 902. The van der Waals surface area contributed by atoms with E-state index in [9.17, 15) is 9.59 Å². The van der Waals surface area contributed by atoms with Crippen molar-refractivity contribution in [1.29, 1.82) is 0 Å². The molecule has 0 atom stereocenters. The molecule has 2 aromatic carbocycles. The van der Waals surface area contributed by atoms with Gasteiger partial charge < -0.3 is 19.5 Å². The summed E-state index contributed by atoms with van der Waals surface area (Å²) in [5, 5.41) is 3.12. The number of ether oxygens (including phenoxy) is 3. The molecule has 0 spiro atoms. The molecule has 0 fully saturated rings. The van der Waals surface area contributed by atoms with Gasteiger partial charge in [0.25, 0.3) is 11.8 Å². The third-order valence-corrected chi connectivity index (χ3v) is 4.58. The largest absolute Gasteiger partial charge is 0.497 e. The van der Waals surface area contributed by atoms with Crippen LogP contribution < -0.4 is 14.8 Å². The minimum absolute atomic E-state index is 0.230. The fourth-order valence-corrected chi connectivity index (χ4v) is 3.16. The van der Waals surface area contributed by atoms with Crippen molar-refractivity contribution in [3.05, 3.63) is 59.8 Å². The molecule has 0 saturated carbocycles. The molecule has 1 aliphatic rings. The van der Waals surface area contributed by atoms with Gasteiger partial charge in [-0.3, -0.25) is 14.5 Å². The van der Waals surface area contributed by atoms with Crippen molar-refractivity contribution in [3.8, 4) is 11.5 Å². The van der Waals surface area contributed by atoms with Crippen molar-refractivity contribution in [2.24, 2.45) is 0 Å². The predicted octanol–water partition coefficient (Wildman–Crippen LogP) is 2.93. The lowest BCUT2D eigenvalue weighted by molar-refractivity contribution is -0.136. The number of carbonyl (C=O) groups is 2. The summed E-state index contributed by atoms with van der Waals surface area (Å²) in [5.74, 6) is 0.450. The Kier molecular flexibility index (Phi) is 6.51. The van der Waals surface area contributed by atoms with Gasteiger partial charge in [-0.2, -0.15) is 0 Å². The molecule has 7 heteroatoms. The summed E-state index contributed by atoms with van der Waals surface area (Å²) >= 11 is 0. The van der Waals surface area contributed by atoms with E-state index in [1.54, 1.807) is 39.5 Å². The number of amides is 2. The molecule has 0 aromatic heterocycles. The van der Waals surface area contributed by atoms with Crippen LogP contribution in [0.25, 0.3) is 5.57 Å². The van der Waals surface area contributed by atoms with Crippen LogP contribution in [0.15, 0.2) is 54.2 Å². The van der Waals surface area contributed by atoms with Gasteiger partial charge in [0.1, 0.15) is 17.2 Å². The highest BCUT2D eigenvalue weighted by molar-refractivity contribution is 6.36. The van der Waals surface area contributed by atoms with Gasteiger partial charge in [-0.15, -0.1) is 0 Å². The number of hydrogen-bond acceptors (Lipinski definition) is 6. The predicted molar refractivity (Wildman–Crippen MR) is 110 cm³/mol. The molecule has 152 valence electrons. The van der Waals surface area contributed by atoms with Gasteiger partial charge in [0.2, 0.25) is 0 Å². The van der Waals surface area contributed by atoms with Crippen LogP contribution in [0.4, 0.5) is 5.69 Å². The molecule has 2 aromatic rings. The van der Waals surface area contributed by atoms with Crippen LogP contribution in [0.1, 0.15) is 12.0 Å². The molecule has 0 bridgehead atoms. The molecule has 3 rings (SSSR count). The zero-order chi connectivity index (χ0) is 20.8. The lowest BCUT2D eigenvalue weighted by Gasteiger charge is -2.15. The molecule has 0 unspecified atom stereocenters. The zero-order valence-electron chi connectivity index (χ0n) is 16.7. The van der Waals surface area contributed by atoms with Crippen molar-refractivity contribution in [2.45, 2.75) is 6.42 Å². The lowest BCUT2D eigenvalue weighted by Crippen LogP contribution is -2.33. The van der Waals surface area contributed by atoms with Gasteiger partial charge in [0.05, 0.1) is 19.8 Å². The first-order valence-corrected chi connectivity index (χ1v) is 9.24. The molecular formula is C22H24N2O5. The summed E-state index contributed by atoms with van der Waals surface area (Å²) in [6, 6.07) is 14.4. The quantitative estimate of drug-likeness (QED) is 0.519. The Morgan fingerprint density at radius 1 is 0.897 bits per heavy atom. The number of nitrogens with one attached hydrogen (secondary N) is 1. The molecule has 2 amide bonds. The van der Waals surface area contributed by atoms with Gasteiger partial charge in [-0.1, -0.05) is 30.3 Å². The summed E-state index contributed by atoms with van der Waals surface area (Å²) in [4.78, 5) is 27.4. The van der Waals surface area contributed by atoms with Crippen LogP contribution in [0.5, 0.6) is 11.5 Å². The fraction of sp³-hybridized carbons (Fsp3) is 0.273. The van der Waals surface area contributed by atoms with Crippen molar-refractivity contribution < 1.29 is 23.8 Å². The number of nitrogens with zero attached hydrogens (tertiary/aromatic N) is 1. The van der Waals surface area contributed by atoms with E-state index in [1.807, 2.05) is 30.3 Å². The topological polar surface area (TPSA) is 77.1 Å². The third kappa shape index (κ3) is 4.41. The van der Waals surface area contributed by atoms with E-state index < -0.39 is 0 Å². The van der Waals surface area contributed by atoms with Crippen LogP contribution in [0, 0.1) is 0 Å². The Hall–Kier alpha value is -3.32. The minimum Gasteiger partial charge on any atom is -0.497 e. The molecular weight excluding hydrogens is 372 g/mol. The molecule has 0 aliphatic carbocycles. The summed E-state index contributed by atoms with van der Waals surface area (Å²) < 4.78 is 15.6. The third-order valence-electron chi connectivity index (χ3n) is 4.58. The first-order valence-electron chi connectivity index (χ1n) is 9.24. The number of rotatable bonds is 9. The standard InChI is InChI=1S/C22H24N2O5/c1-27-11-7-10-24-21(25)19(15-8-5-4-6-9-15)20(22(24)26)23-16-12-17(28-2)14-18(13-16)29-3/h4-6,8-9,12-14,23H,7,10-11H2,1-3H3. The SMILES string of the molecule is COCCCN1C(=O)C(Nc2cc(OC)cc(OC)c2)=C(c2ccccc2)C1=O. The Morgan fingerprint density at radius 3 is 2.14 bits per heavy atom. The normalized spacial score (nSPS) is 13.8. The minimum atomic E-state index is -0.369. The van der Waals surface area contributed by atoms with Crippen molar-refractivity contribution in [2.75, 3.05) is 39.8 Å². The number of methoxy groups -OCH3 is 3. The number of benzene rings is 2.